The van der Waals surface area contributed by atoms with Gasteiger partial charge in [-0.2, -0.15) is 0 Å². The highest BCUT2D eigenvalue weighted by atomic mass is 16.2. The summed E-state index contributed by atoms with van der Waals surface area (Å²) in [6.45, 7) is 11.6. The largest absolute Gasteiger partial charge is 0.314 e. The van der Waals surface area contributed by atoms with Gasteiger partial charge >= 0.3 is 0 Å². The summed E-state index contributed by atoms with van der Waals surface area (Å²) in [5.41, 5.74) is 3.86. The number of anilines is 1. The first-order valence-electron chi connectivity index (χ1n) is 8.94. The Morgan fingerprint density at radius 1 is 1.17 bits per heavy atom. The van der Waals surface area contributed by atoms with E-state index < -0.39 is 0 Å². The standard InChI is InChI=1S/C19H29N3O/c1-14(2)19(23)22-9-6-17-13-16(4-5-18(17)22)12-15(3)21-10-7-20-8-11-21/h4-5,13-15,20H,6-12H2,1-3H3. The van der Waals surface area contributed by atoms with E-state index in [1.54, 1.807) is 0 Å². The molecule has 1 aromatic rings. The van der Waals surface area contributed by atoms with E-state index in [1.807, 2.05) is 18.7 Å². The molecule has 2 aliphatic heterocycles. The van der Waals surface area contributed by atoms with E-state index in [0.717, 1.165) is 51.3 Å². The van der Waals surface area contributed by atoms with Crippen LogP contribution in [0.1, 0.15) is 31.9 Å². The number of fused-ring (bicyclic) bond motifs is 1. The van der Waals surface area contributed by atoms with Crippen LogP contribution in [0.4, 0.5) is 5.69 Å². The zero-order valence-electron chi connectivity index (χ0n) is 14.6. The number of carbonyl (C=O) groups is 1. The topological polar surface area (TPSA) is 35.6 Å². The van der Waals surface area contributed by atoms with E-state index in [2.05, 4.69) is 35.3 Å². The lowest BCUT2D eigenvalue weighted by Gasteiger charge is -2.33. The number of nitrogens with zero attached hydrogens (tertiary/aromatic N) is 2. The summed E-state index contributed by atoms with van der Waals surface area (Å²) in [5, 5.41) is 3.41. The maximum Gasteiger partial charge on any atom is 0.229 e. The molecule has 1 fully saturated rings. The second-order valence-electron chi connectivity index (χ2n) is 7.20. The predicted molar refractivity (Wildman–Crippen MR) is 94.9 cm³/mol. The minimum atomic E-state index is 0.0633. The van der Waals surface area contributed by atoms with Gasteiger partial charge < -0.3 is 10.2 Å². The van der Waals surface area contributed by atoms with Gasteiger partial charge in [-0.05, 0) is 37.0 Å². The third-order valence-electron chi connectivity index (χ3n) is 5.11. The van der Waals surface area contributed by atoms with Crippen molar-refractivity contribution < 1.29 is 4.79 Å². The lowest BCUT2D eigenvalue weighted by Crippen LogP contribution is -2.48. The summed E-state index contributed by atoms with van der Waals surface area (Å²) in [6, 6.07) is 7.26. The molecule has 0 aliphatic carbocycles. The number of nitrogens with one attached hydrogen (secondary N) is 1. The van der Waals surface area contributed by atoms with Gasteiger partial charge in [-0.25, -0.2) is 0 Å². The lowest BCUT2D eigenvalue weighted by atomic mass is 10.0. The monoisotopic (exact) mass is 315 g/mol. The Hall–Kier alpha value is -1.39. The van der Waals surface area contributed by atoms with Crippen molar-refractivity contribution in [3.05, 3.63) is 29.3 Å². The molecule has 23 heavy (non-hydrogen) atoms. The quantitative estimate of drug-likeness (QED) is 0.924. The molecule has 3 rings (SSSR count). The number of hydrogen-bond acceptors (Lipinski definition) is 3. The highest BCUT2D eigenvalue weighted by molar-refractivity contribution is 5.96. The van der Waals surface area contributed by atoms with Crippen LogP contribution in [-0.4, -0.2) is 49.6 Å². The molecule has 2 aliphatic rings. The van der Waals surface area contributed by atoms with Crippen LogP contribution in [0, 0.1) is 5.92 Å². The highest BCUT2D eigenvalue weighted by Crippen LogP contribution is 2.30. The SMILES string of the molecule is CC(C)C(=O)N1CCc2cc(CC(C)N3CCNCC3)ccc21. The van der Waals surface area contributed by atoms with Crippen molar-refractivity contribution in [2.75, 3.05) is 37.6 Å². The first kappa shape index (κ1) is 16.5. The number of carbonyl (C=O) groups excluding carboxylic acids is 1. The number of rotatable bonds is 4. The first-order valence-corrected chi connectivity index (χ1v) is 8.94. The molecule has 1 unspecified atom stereocenters. The smallest absolute Gasteiger partial charge is 0.229 e. The number of benzene rings is 1. The van der Waals surface area contributed by atoms with Gasteiger partial charge in [0.2, 0.25) is 5.91 Å². The van der Waals surface area contributed by atoms with Crippen molar-refractivity contribution in [1.82, 2.24) is 10.2 Å². The van der Waals surface area contributed by atoms with Gasteiger partial charge in [0.1, 0.15) is 0 Å². The van der Waals surface area contributed by atoms with Crippen LogP contribution in [0.15, 0.2) is 18.2 Å². The van der Waals surface area contributed by atoms with Gasteiger partial charge in [-0.3, -0.25) is 9.69 Å². The third kappa shape index (κ3) is 3.59. The first-order chi connectivity index (χ1) is 11.1. The van der Waals surface area contributed by atoms with Crippen molar-refractivity contribution in [1.29, 1.82) is 0 Å². The Labute approximate surface area is 139 Å². The molecule has 1 atom stereocenters. The summed E-state index contributed by atoms with van der Waals surface area (Å²) >= 11 is 0. The summed E-state index contributed by atoms with van der Waals surface area (Å²) in [4.78, 5) is 16.8. The van der Waals surface area contributed by atoms with Crippen LogP contribution < -0.4 is 10.2 Å². The van der Waals surface area contributed by atoms with Gasteiger partial charge in [0.25, 0.3) is 0 Å². The third-order valence-corrected chi connectivity index (χ3v) is 5.11. The fraction of sp³-hybridized carbons (Fsp3) is 0.632. The van der Waals surface area contributed by atoms with E-state index in [4.69, 9.17) is 0 Å². The lowest BCUT2D eigenvalue weighted by molar-refractivity contribution is -0.121. The highest BCUT2D eigenvalue weighted by Gasteiger charge is 2.26. The van der Waals surface area contributed by atoms with E-state index in [0.29, 0.717) is 6.04 Å². The Bertz CT molecular complexity index is 564. The van der Waals surface area contributed by atoms with Crippen molar-refractivity contribution >= 4 is 11.6 Å². The number of piperazine rings is 1. The van der Waals surface area contributed by atoms with E-state index in [9.17, 15) is 4.79 Å². The minimum absolute atomic E-state index is 0.0633. The van der Waals surface area contributed by atoms with Gasteiger partial charge in [0.15, 0.2) is 0 Å². The molecule has 1 amide bonds. The van der Waals surface area contributed by atoms with Gasteiger partial charge in [0, 0.05) is 50.4 Å². The predicted octanol–water partition coefficient (Wildman–Crippen LogP) is 2.07. The normalized spacial score (nSPS) is 19.9. The summed E-state index contributed by atoms with van der Waals surface area (Å²) in [6.07, 6.45) is 2.08. The second kappa shape index (κ2) is 7.02. The van der Waals surface area contributed by atoms with Gasteiger partial charge in [-0.15, -0.1) is 0 Å². The number of amides is 1. The van der Waals surface area contributed by atoms with Crippen LogP contribution >= 0.6 is 0 Å². The molecule has 0 saturated carbocycles. The van der Waals surface area contributed by atoms with Gasteiger partial charge in [0.05, 0.1) is 0 Å². The molecular formula is C19H29N3O. The summed E-state index contributed by atoms with van der Waals surface area (Å²) < 4.78 is 0. The fourth-order valence-electron chi connectivity index (χ4n) is 3.72. The summed E-state index contributed by atoms with van der Waals surface area (Å²) in [7, 11) is 0. The van der Waals surface area contributed by atoms with Crippen molar-refractivity contribution in [3.8, 4) is 0 Å². The molecule has 4 heteroatoms. The maximum absolute atomic E-state index is 12.3. The molecule has 0 bridgehead atoms. The van der Waals surface area contributed by atoms with Gasteiger partial charge in [-0.1, -0.05) is 26.0 Å². The molecule has 0 radical (unpaired) electrons. The van der Waals surface area contributed by atoms with E-state index in [-0.39, 0.29) is 11.8 Å². The van der Waals surface area contributed by atoms with Crippen molar-refractivity contribution in [2.24, 2.45) is 5.92 Å². The summed E-state index contributed by atoms with van der Waals surface area (Å²) in [5.74, 6) is 0.305. The Kier molecular flexibility index (Phi) is 5.02. The Morgan fingerprint density at radius 3 is 2.61 bits per heavy atom. The molecule has 2 heterocycles. The van der Waals surface area contributed by atoms with E-state index in [1.165, 1.54) is 11.1 Å². The molecular weight excluding hydrogens is 286 g/mol. The molecule has 1 saturated heterocycles. The average Bonchev–Trinajstić information content (AvgIpc) is 2.98. The molecule has 126 valence electrons. The van der Waals surface area contributed by atoms with Crippen molar-refractivity contribution in [2.45, 2.75) is 39.7 Å². The van der Waals surface area contributed by atoms with Crippen molar-refractivity contribution in [3.63, 3.8) is 0 Å². The van der Waals surface area contributed by atoms with Crippen LogP contribution in [0.25, 0.3) is 0 Å². The molecule has 1 aromatic carbocycles. The molecule has 1 N–H and O–H groups in total. The molecule has 0 aromatic heterocycles. The maximum atomic E-state index is 12.3. The zero-order valence-corrected chi connectivity index (χ0v) is 14.6. The van der Waals surface area contributed by atoms with E-state index >= 15 is 0 Å². The molecule has 0 spiro atoms. The van der Waals surface area contributed by atoms with Crippen LogP contribution in [-0.2, 0) is 17.6 Å². The second-order valence-corrected chi connectivity index (χ2v) is 7.20. The van der Waals surface area contributed by atoms with Crippen LogP contribution in [0.2, 0.25) is 0 Å². The van der Waals surface area contributed by atoms with Crippen LogP contribution in [0.5, 0.6) is 0 Å². The fourth-order valence-corrected chi connectivity index (χ4v) is 3.72. The van der Waals surface area contributed by atoms with Crippen LogP contribution in [0.3, 0.4) is 0 Å². The minimum Gasteiger partial charge on any atom is -0.314 e. The number of hydrogen-bond donors (Lipinski definition) is 1. The zero-order chi connectivity index (χ0) is 16.4. The Balaban J connectivity index is 1.68. The Morgan fingerprint density at radius 2 is 1.91 bits per heavy atom. The average molecular weight is 315 g/mol. The molecule has 4 nitrogen and oxygen atoms in total.